The zero-order valence-corrected chi connectivity index (χ0v) is 11.2. The van der Waals surface area contributed by atoms with Crippen molar-refractivity contribution in [1.82, 2.24) is 10.2 Å². The molecule has 1 N–H and O–H groups in total. The molecule has 1 heterocycles. The summed E-state index contributed by atoms with van der Waals surface area (Å²) in [5.41, 5.74) is 0. The van der Waals surface area contributed by atoms with E-state index >= 15 is 0 Å². The Bertz CT molecular complexity index is 217. The van der Waals surface area contributed by atoms with Gasteiger partial charge in [0.25, 0.3) is 0 Å². The van der Waals surface area contributed by atoms with E-state index in [2.05, 4.69) is 31.0 Å². The van der Waals surface area contributed by atoms with E-state index in [1.807, 2.05) is 0 Å². The Hall–Kier alpha value is -0.0800. The Morgan fingerprint density at radius 1 is 1.19 bits per heavy atom. The molecule has 4 unspecified atom stereocenters. The summed E-state index contributed by atoms with van der Waals surface area (Å²) in [6.07, 6.45) is 7.01. The average Bonchev–Trinajstić information content (AvgIpc) is 2.67. The Kier molecular flexibility index (Phi) is 4.26. The van der Waals surface area contributed by atoms with Crippen molar-refractivity contribution in [1.29, 1.82) is 0 Å². The molecule has 2 heteroatoms. The van der Waals surface area contributed by atoms with Crippen LogP contribution in [0.2, 0.25) is 0 Å². The van der Waals surface area contributed by atoms with Gasteiger partial charge in [-0.25, -0.2) is 0 Å². The molecular weight excluding hydrogens is 196 g/mol. The lowest BCUT2D eigenvalue weighted by molar-refractivity contribution is 0.0965. The Labute approximate surface area is 101 Å². The lowest BCUT2D eigenvalue weighted by Gasteiger charge is -2.42. The van der Waals surface area contributed by atoms with Crippen LogP contribution in [0.3, 0.4) is 0 Å². The zero-order chi connectivity index (χ0) is 11.5. The first-order valence-corrected chi connectivity index (χ1v) is 7.21. The van der Waals surface area contributed by atoms with Gasteiger partial charge in [-0.1, -0.05) is 13.8 Å². The highest BCUT2D eigenvalue weighted by atomic mass is 15.2. The van der Waals surface area contributed by atoms with Crippen molar-refractivity contribution in [2.24, 2.45) is 5.92 Å². The van der Waals surface area contributed by atoms with E-state index in [4.69, 9.17) is 0 Å². The zero-order valence-electron chi connectivity index (χ0n) is 11.2. The van der Waals surface area contributed by atoms with E-state index in [1.165, 1.54) is 38.6 Å². The van der Waals surface area contributed by atoms with E-state index < -0.39 is 0 Å². The predicted octanol–water partition coefficient (Wildman–Crippen LogP) is 2.64. The van der Waals surface area contributed by atoms with Crippen molar-refractivity contribution in [2.75, 3.05) is 13.1 Å². The second-order valence-corrected chi connectivity index (χ2v) is 5.88. The summed E-state index contributed by atoms with van der Waals surface area (Å²) >= 11 is 0. The van der Waals surface area contributed by atoms with Gasteiger partial charge in [-0.15, -0.1) is 0 Å². The maximum absolute atomic E-state index is 3.71. The molecular formula is C14H28N2. The summed E-state index contributed by atoms with van der Waals surface area (Å²) < 4.78 is 0. The molecule has 0 radical (unpaired) electrons. The van der Waals surface area contributed by atoms with Gasteiger partial charge in [0, 0.05) is 18.1 Å². The third-order valence-corrected chi connectivity index (χ3v) is 4.58. The maximum atomic E-state index is 3.71. The summed E-state index contributed by atoms with van der Waals surface area (Å²) in [5, 5.41) is 3.71. The fourth-order valence-corrected chi connectivity index (χ4v) is 3.67. The standard InChI is InChI=1S/C14H28N2/c1-4-15-13-8-7-11(2)10-14(13)16-9-5-6-12(16)3/h11-15H,4-10H2,1-3H3. The lowest BCUT2D eigenvalue weighted by Crippen LogP contribution is -2.53. The number of nitrogens with one attached hydrogen (secondary N) is 1. The van der Waals surface area contributed by atoms with E-state index in [0.29, 0.717) is 0 Å². The molecule has 4 atom stereocenters. The van der Waals surface area contributed by atoms with Crippen molar-refractivity contribution in [2.45, 2.75) is 71.0 Å². The molecule has 1 saturated carbocycles. The second-order valence-electron chi connectivity index (χ2n) is 5.88. The Balaban J connectivity index is 2.01. The van der Waals surface area contributed by atoms with Crippen molar-refractivity contribution < 1.29 is 0 Å². The fraction of sp³-hybridized carbons (Fsp3) is 1.00. The first-order valence-electron chi connectivity index (χ1n) is 7.21. The molecule has 0 aromatic carbocycles. The monoisotopic (exact) mass is 224 g/mol. The van der Waals surface area contributed by atoms with Crippen molar-refractivity contribution in [3.05, 3.63) is 0 Å². The SMILES string of the molecule is CCNC1CCC(C)CC1N1CCCC1C. The molecule has 1 saturated heterocycles. The van der Waals surface area contributed by atoms with E-state index in [0.717, 1.165) is 30.6 Å². The molecule has 1 aliphatic heterocycles. The predicted molar refractivity (Wildman–Crippen MR) is 69.7 cm³/mol. The van der Waals surface area contributed by atoms with Crippen LogP contribution in [0.15, 0.2) is 0 Å². The highest BCUT2D eigenvalue weighted by Gasteiger charge is 2.36. The molecule has 0 amide bonds. The molecule has 0 aromatic rings. The van der Waals surface area contributed by atoms with Gasteiger partial charge < -0.3 is 5.32 Å². The van der Waals surface area contributed by atoms with Crippen LogP contribution < -0.4 is 5.32 Å². The van der Waals surface area contributed by atoms with Crippen LogP contribution >= 0.6 is 0 Å². The minimum absolute atomic E-state index is 0.752. The molecule has 2 aliphatic rings. The van der Waals surface area contributed by atoms with Crippen LogP contribution in [0.1, 0.15) is 52.9 Å². The third-order valence-electron chi connectivity index (χ3n) is 4.58. The summed E-state index contributed by atoms with van der Waals surface area (Å²) in [4.78, 5) is 2.78. The van der Waals surface area contributed by atoms with Crippen LogP contribution in [-0.2, 0) is 0 Å². The van der Waals surface area contributed by atoms with Crippen LogP contribution in [0.5, 0.6) is 0 Å². The lowest BCUT2D eigenvalue weighted by atomic mass is 9.82. The van der Waals surface area contributed by atoms with Crippen LogP contribution in [-0.4, -0.2) is 36.1 Å². The number of hydrogen-bond acceptors (Lipinski definition) is 2. The Morgan fingerprint density at radius 2 is 2.00 bits per heavy atom. The van der Waals surface area contributed by atoms with Gasteiger partial charge in [0.15, 0.2) is 0 Å². The molecule has 1 aliphatic carbocycles. The molecule has 0 bridgehead atoms. The van der Waals surface area contributed by atoms with Crippen LogP contribution in [0.25, 0.3) is 0 Å². The van der Waals surface area contributed by atoms with Crippen molar-refractivity contribution in [3.63, 3.8) is 0 Å². The number of hydrogen-bond donors (Lipinski definition) is 1. The normalized spacial score (nSPS) is 41.4. The number of likely N-dealkylation sites (tertiary alicyclic amines) is 1. The van der Waals surface area contributed by atoms with Gasteiger partial charge in [0.2, 0.25) is 0 Å². The third kappa shape index (κ3) is 2.60. The number of rotatable bonds is 3. The topological polar surface area (TPSA) is 15.3 Å². The van der Waals surface area contributed by atoms with Gasteiger partial charge in [0.05, 0.1) is 0 Å². The van der Waals surface area contributed by atoms with E-state index in [9.17, 15) is 0 Å². The number of likely N-dealkylation sites (N-methyl/N-ethyl adjacent to an activating group) is 1. The molecule has 0 aromatic heterocycles. The molecule has 2 rings (SSSR count). The first-order chi connectivity index (χ1) is 7.72. The highest BCUT2D eigenvalue weighted by Crippen LogP contribution is 2.32. The summed E-state index contributed by atoms with van der Waals surface area (Å²) in [6.45, 7) is 9.53. The smallest absolute Gasteiger partial charge is 0.0254 e. The fourth-order valence-electron chi connectivity index (χ4n) is 3.67. The molecule has 16 heavy (non-hydrogen) atoms. The molecule has 94 valence electrons. The van der Waals surface area contributed by atoms with Gasteiger partial charge >= 0.3 is 0 Å². The molecule has 0 spiro atoms. The summed E-state index contributed by atoms with van der Waals surface area (Å²) in [5.74, 6) is 0.924. The second kappa shape index (κ2) is 5.50. The minimum Gasteiger partial charge on any atom is -0.313 e. The van der Waals surface area contributed by atoms with Gasteiger partial charge in [-0.3, -0.25) is 4.90 Å². The van der Waals surface area contributed by atoms with Gasteiger partial charge in [-0.05, 0) is 58.0 Å². The van der Waals surface area contributed by atoms with Crippen molar-refractivity contribution in [3.8, 4) is 0 Å². The van der Waals surface area contributed by atoms with E-state index in [-0.39, 0.29) is 0 Å². The number of nitrogens with zero attached hydrogens (tertiary/aromatic N) is 1. The van der Waals surface area contributed by atoms with Crippen molar-refractivity contribution >= 4 is 0 Å². The summed E-state index contributed by atoms with van der Waals surface area (Å²) in [6, 6.07) is 2.37. The first kappa shape index (κ1) is 12.4. The largest absolute Gasteiger partial charge is 0.313 e. The van der Waals surface area contributed by atoms with E-state index in [1.54, 1.807) is 0 Å². The maximum Gasteiger partial charge on any atom is 0.0254 e. The molecule has 2 nitrogen and oxygen atoms in total. The Morgan fingerprint density at radius 3 is 2.62 bits per heavy atom. The molecule has 2 fully saturated rings. The summed E-state index contributed by atoms with van der Waals surface area (Å²) in [7, 11) is 0. The minimum atomic E-state index is 0.752. The van der Waals surface area contributed by atoms with Gasteiger partial charge in [-0.2, -0.15) is 0 Å². The quantitative estimate of drug-likeness (QED) is 0.793. The van der Waals surface area contributed by atoms with Crippen LogP contribution in [0.4, 0.5) is 0 Å². The van der Waals surface area contributed by atoms with Gasteiger partial charge in [0.1, 0.15) is 0 Å². The van der Waals surface area contributed by atoms with Crippen LogP contribution in [0, 0.1) is 5.92 Å². The highest BCUT2D eigenvalue weighted by molar-refractivity contribution is 4.93. The average molecular weight is 224 g/mol.